The summed E-state index contributed by atoms with van der Waals surface area (Å²) in [5, 5.41) is 55.4. The number of fused-ring (bicyclic) bond motifs is 1. The number of aliphatic hydroxyl groups is 3. The first-order valence-corrected chi connectivity index (χ1v) is 15.6. The molecule has 0 heterocycles. The summed E-state index contributed by atoms with van der Waals surface area (Å²) in [6.45, 7) is 1.60. The average molecular weight is 661 g/mol. The van der Waals surface area contributed by atoms with E-state index >= 15 is 0 Å². The maximum Gasteiger partial charge on any atom is 0.306 e. The van der Waals surface area contributed by atoms with Gasteiger partial charge >= 0.3 is 5.97 Å². The zero-order valence-corrected chi connectivity index (χ0v) is 26.6. The number of allylic oxidation sites excluding steroid dienone is 1. The van der Waals surface area contributed by atoms with Gasteiger partial charge in [-0.25, -0.2) is 0 Å². The summed E-state index contributed by atoms with van der Waals surface area (Å²) in [4.78, 5) is 40.1. The van der Waals surface area contributed by atoms with Gasteiger partial charge < -0.3 is 44.5 Å². The minimum absolute atomic E-state index is 0.00333. The van der Waals surface area contributed by atoms with E-state index in [1.54, 1.807) is 0 Å². The van der Waals surface area contributed by atoms with Crippen LogP contribution in [0.15, 0.2) is 27.3 Å². The predicted molar refractivity (Wildman–Crippen MR) is 178 cm³/mol. The van der Waals surface area contributed by atoms with Gasteiger partial charge in [-0.05, 0) is 70.3 Å². The van der Waals surface area contributed by atoms with Crippen molar-refractivity contribution >= 4 is 55.1 Å². The van der Waals surface area contributed by atoms with Gasteiger partial charge in [0.15, 0.2) is 22.4 Å². The molecule has 0 aromatic heterocycles. The van der Waals surface area contributed by atoms with E-state index in [1.165, 1.54) is 19.2 Å². The number of aliphatic hydroxyl groups excluding tert-OH is 3. The van der Waals surface area contributed by atoms with Crippen molar-refractivity contribution in [2.24, 2.45) is 0 Å². The minimum atomic E-state index is -0.547. The number of hydrogen-bond donors (Lipinski definition) is 5. The van der Waals surface area contributed by atoms with Crippen LogP contribution in [0.3, 0.4) is 0 Å². The van der Waals surface area contributed by atoms with Crippen LogP contribution in [0.1, 0.15) is 41.2 Å². The van der Waals surface area contributed by atoms with E-state index in [2.05, 4.69) is 0 Å². The van der Waals surface area contributed by atoms with E-state index in [9.17, 15) is 34.8 Å². The molecule has 0 saturated carbocycles. The zero-order valence-electron chi connectivity index (χ0n) is 26.6. The molecule has 0 atom stereocenters. The van der Waals surface area contributed by atoms with Crippen molar-refractivity contribution in [1.29, 1.82) is 0 Å². The molecular formula is C36H36O12. The summed E-state index contributed by atoms with van der Waals surface area (Å²) in [6, 6.07) is 2.45. The van der Waals surface area contributed by atoms with E-state index < -0.39 is 30.0 Å². The summed E-state index contributed by atoms with van der Waals surface area (Å²) in [7, 11) is 1.38. The number of carbonyl (C=O) groups is 1. The van der Waals surface area contributed by atoms with Crippen molar-refractivity contribution in [3.05, 3.63) is 66.0 Å². The quantitative estimate of drug-likeness (QED) is 0.0508. The molecule has 12 nitrogen and oxygen atoms in total. The molecule has 0 unspecified atom stereocenters. The topological polar surface area (TPSA) is 189 Å². The lowest BCUT2D eigenvalue weighted by molar-refractivity contribution is -0.145. The highest BCUT2D eigenvalue weighted by atomic mass is 16.6. The van der Waals surface area contributed by atoms with E-state index in [1.807, 2.05) is 13.0 Å². The number of esters is 1. The molecule has 1 aliphatic carbocycles. The molecule has 5 aromatic carbocycles. The highest BCUT2D eigenvalue weighted by Crippen LogP contribution is 2.53. The summed E-state index contributed by atoms with van der Waals surface area (Å²) in [5.74, 6) is -1.16. The Morgan fingerprint density at radius 2 is 1.33 bits per heavy atom. The first-order chi connectivity index (χ1) is 23.2. The van der Waals surface area contributed by atoms with Crippen molar-refractivity contribution < 1.29 is 49.3 Å². The van der Waals surface area contributed by atoms with E-state index in [4.69, 9.17) is 24.1 Å². The van der Waals surface area contributed by atoms with Crippen LogP contribution in [-0.4, -0.2) is 78.3 Å². The fraction of sp³-hybridized carbons (Fsp3) is 0.361. The molecule has 252 valence electrons. The number of methoxy groups -OCH3 is 1. The normalized spacial score (nSPS) is 12.9. The number of phenols is 2. The SMILES string of the molecule is COc1c(O)c2c(=O)cc(CO)c3c4c(CO)cc(=O)c5c(O)c(CCC(=O)OCCOCCOCCO)c6c(c(c1C=C(C)C6)c23)c54. The zero-order chi connectivity index (χ0) is 34.3. The average Bonchev–Trinajstić information content (AvgIpc) is 3.21. The van der Waals surface area contributed by atoms with Crippen LogP contribution < -0.4 is 15.6 Å². The van der Waals surface area contributed by atoms with Gasteiger partial charge in [0.05, 0.1) is 64.1 Å². The van der Waals surface area contributed by atoms with Gasteiger partial charge in [0, 0.05) is 28.1 Å². The Bertz CT molecular complexity index is 2200. The predicted octanol–water partition coefficient (Wildman–Crippen LogP) is 2.76. The number of carbonyl (C=O) groups excluding carboxylic acids is 1. The van der Waals surface area contributed by atoms with Crippen LogP contribution in [0, 0.1) is 0 Å². The maximum atomic E-state index is 13.7. The third kappa shape index (κ3) is 5.35. The van der Waals surface area contributed by atoms with Gasteiger partial charge in [0.2, 0.25) is 0 Å². The number of ether oxygens (including phenoxy) is 4. The number of benzene rings is 5. The van der Waals surface area contributed by atoms with Gasteiger partial charge in [0.1, 0.15) is 12.4 Å². The molecule has 0 radical (unpaired) electrons. The van der Waals surface area contributed by atoms with Crippen molar-refractivity contribution in [3.8, 4) is 17.2 Å². The molecule has 5 N–H and O–H groups in total. The van der Waals surface area contributed by atoms with Crippen LogP contribution in [-0.2, 0) is 45.1 Å². The van der Waals surface area contributed by atoms with Gasteiger partial charge in [-0.1, -0.05) is 11.6 Å². The van der Waals surface area contributed by atoms with Crippen LogP contribution in [0.5, 0.6) is 17.2 Å². The molecule has 0 aliphatic heterocycles. The van der Waals surface area contributed by atoms with Crippen LogP contribution in [0.25, 0.3) is 49.2 Å². The summed E-state index contributed by atoms with van der Waals surface area (Å²) < 4.78 is 21.5. The molecule has 6 rings (SSSR count). The Hall–Kier alpha value is -4.59. The van der Waals surface area contributed by atoms with Crippen molar-refractivity contribution in [2.45, 2.75) is 39.4 Å². The Morgan fingerprint density at radius 3 is 1.94 bits per heavy atom. The standard InChI is InChI=1S/C36H36O12/c1-17-11-21-20(3-4-25(42)48-10-9-47-8-7-46-6-5-37)34(43)30-23(40)13-18(15-38)26-27-19(16-39)14-24(41)31-33(27)29(28(21)32(26)30)22(12-17)36(45-2)35(31)44/h12-14,37-39,43-44H,3-11,15-16H2,1-2H3. The molecular weight excluding hydrogens is 624 g/mol. The van der Waals surface area contributed by atoms with E-state index in [0.717, 1.165) is 5.57 Å². The number of phenolic OH excluding ortho intramolecular Hbond substituents is 2. The number of aromatic hydroxyl groups is 2. The summed E-state index contributed by atoms with van der Waals surface area (Å²) >= 11 is 0. The molecule has 5 aromatic rings. The molecule has 0 bridgehead atoms. The molecule has 0 fully saturated rings. The third-order valence-electron chi connectivity index (χ3n) is 8.97. The summed E-state index contributed by atoms with van der Waals surface area (Å²) in [6.07, 6.45) is 2.00. The van der Waals surface area contributed by atoms with Gasteiger partial charge in [0.25, 0.3) is 0 Å². The number of hydrogen-bond acceptors (Lipinski definition) is 12. The number of rotatable bonds is 14. The van der Waals surface area contributed by atoms with Crippen molar-refractivity contribution in [2.75, 3.05) is 46.8 Å². The smallest absolute Gasteiger partial charge is 0.306 e. The largest absolute Gasteiger partial charge is 0.507 e. The first kappa shape index (κ1) is 33.3. The lowest BCUT2D eigenvalue weighted by atomic mass is 9.80. The van der Waals surface area contributed by atoms with Crippen LogP contribution in [0.2, 0.25) is 0 Å². The second-order valence-corrected chi connectivity index (χ2v) is 11.8. The molecule has 48 heavy (non-hydrogen) atoms. The fourth-order valence-corrected chi connectivity index (χ4v) is 7.12. The molecule has 0 saturated heterocycles. The van der Waals surface area contributed by atoms with Crippen molar-refractivity contribution in [3.63, 3.8) is 0 Å². The highest BCUT2D eigenvalue weighted by molar-refractivity contribution is 6.38. The molecule has 0 amide bonds. The highest BCUT2D eigenvalue weighted by Gasteiger charge is 2.32. The Labute approximate surface area is 273 Å². The van der Waals surface area contributed by atoms with Crippen LogP contribution in [0.4, 0.5) is 0 Å². The second-order valence-electron chi connectivity index (χ2n) is 11.8. The van der Waals surface area contributed by atoms with E-state index in [0.29, 0.717) is 55.6 Å². The molecule has 1 aliphatic rings. The lowest BCUT2D eigenvalue weighted by Crippen LogP contribution is -2.14. The molecule has 12 heteroatoms. The summed E-state index contributed by atoms with van der Waals surface area (Å²) in [5.41, 5.74) is 1.62. The van der Waals surface area contributed by atoms with Gasteiger partial charge in [-0.15, -0.1) is 0 Å². The monoisotopic (exact) mass is 660 g/mol. The lowest BCUT2D eigenvalue weighted by Gasteiger charge is -2.24. The van der Waals surface area contributed by atoms with Gasteiger partial charge in [-0.2, -0.15) is 0 Å². The fourth-order valence-electron chi connectivity index (χ4n) is 7.12. The Balaban J connectivity index is 1.58. The molecule has 0 spiro atoms. The minimum Gasteiger partial charge on any atom is -0.507 e. The first-order valence-electron chi connectivity index (χ1n) is 15.6. The van der Waals surface area contributed by atoms with Crippen molar-refractivity contribution in [1.82, 2.24) is 0 Å². The Kier molecular flexibility index (Phi) is 9.37. The van der Waals surface area contributed by atoms with Gasteiger partial charge in [-0.3, -0.25) is 14.4 Å². The van der Waals surface area contributed by atoms with E-state index in [-0.39, 0.29) is 91.4 Å². The second kappa shape index (κ2) is 13.5. The Morgan fingerprint density at radius 1 is 0.750 bits per heavy atom. The maximum absolute atomic E-state index is 13.7. The third-order valence-corrected chi connectivity index (χ3v) is 8.97. The van der Waals surface area contributed by atoms with Crippen LogP contribution >= 0.6 is 0 Å².